The Morgan fingerprint density at radius 3 is 2.66 bits per heavy atom. The van der Waals surface area contributed by atoms with Gasteiger partial charge in [0.1, 0.15) is 23.8 Å². The van der Waals surface area contributed by atoms with E-state index in [-0.39, 0.29) is 18.2 Å². The first-order valence-corrected chi connectivity index (χ1v) is 12.6. The molecule has 1 saturated heterocycles. The van der Waals surface area contributed by atoms with Gasteiger partial charge < -0.3 is 19.1 Å². The maximum atomic E-state index is 14.1. The predicted molar refractivity (Wildman–Crippen MR) is 139 cm³/mol. The standard InChI is InChI=1S/C27H27ClFN5O4/c1-33-23(32-25-22(37-2)13-21(27(35)36)31-26(25)33)14-34-10-8-16(9-11-34)20-4-3-5-24(30-20)38-15-17-6-7-18(28)12-19(17)29/h3-7,12-13,16H,8-11,14-15H2,1-2H3,(H,35,36). The molecule has 0 amide bonds. The minimum absolute atomic E-state index is 0.0729. The lowest BCUT2D eigenvalue weighted by atomic mass is 9.93. The van der Waals surface area contributed by atoms with E-state index in [1.165, 1.54) is 19.2 Å². The normalized spacial score (nSPS) is 14.6. The Morgan fingerprint density at radius 1 is 1.16 bits per heavy atom. The van der Waals surface area contributed by atoms with Gasteiger partial charge in [-0.15, -0.1) is 0 Å². The van der Waals surface area contributed by atoms with Gasteiger partial charge in [-0.25, -0.2) is 24.1 Å². The number of halogens is 2. The van der Waals surface area contributed by atoms with Gasteiger partial charge in [0.2, 0.25) is 5.88 Å². The number of piperidine rings is 1. The Morgan fingerprint density at radius 2 is 1.95 bits per heavy atom. The Kier molecular flexibility index (Phi) is 7.44. The molecule has 0 aliphatic carbocycles. The molecule has 1 aliphatic heterocycles. The van der Waals surface area contributed by atoms with Gasteiger partial charge in [-0.1, -0.05) is 23.7 Å². The van der Waals surface area contributed by atoms with Gasteiger partial charge in [0.05, 0.1) is 13.7 Å². The molecule has 1 aromatic carbocycles. The Labute approximate surface area is 223 Å². The number of methoxy groups -OCH3 is 1. The molecule has 0 spiro atoms. The number of carbonyl (C=O) groups is 1. The van der Waals surface area contributed by atoms with Crippen LogP contribution < -0.4 is 9.47 Å². The number of imidazole rings is 1. The van der Waals surface area contributed by atoms with E-state index in [0.717, 1.165) is 37.4 Å². The van der Waals surface area contributed by atoms with Crippen molar-refractivity contribution in [2.75, 3.05) is 20.2 Å². The molecule has 1 aliphatic rings. The van der Waals surface area contributed by atoms with Crippen molar-refractivity contribution in [2.24, 2.45) is 7.05 Å². The molecule has 4 aromatic rings. The second-order valence-electron chi connectivity index (χ2n) is 9.25. The van der Waals surface area contributed by atoms with E-state index in [2.05, 4.69) is 14.9 Å². The average molecular weight is 540 g/mol. The molecule has 3 aromatic heterocycles. The number of nitrogens with zero attached hydrogens (tertiary/aromatic N) is 5. The van der Waals surface area contributed by atoms with Crippen molar-refractivity contribution >= 4 is 28.7 Å². The number of fused-ring (bicyclic) bond motifs is 1. The lowest BCUT2D eigenvalue weighted by molar-refractivity contribution is 0.0690. The van der Waals surface area contributed by atoms with Crippen molar-refractivity contribution in [1.29, 1.82) is 0 Å². The molecule has 0 saturated carbocycles. The van der Waals surface area contributed by atoms with Crippen molar-refractivity contribution in [3.63, 3.8) is 0 Å². The minimum atomic E-state index is -1.12. The number of likely N-dealkylation sites (tertiary alicyclic amines) is 1. The highest BCUT2D eigenvalue weighted by Crippen LogP contribution is 2.30. The Hall–Kier alpha value is -3.76. The Balaban J connectivity index is 1.22. The molecule has 0 unspecified atom stereocenters. The molecule has 0 bridgehead atoms. The van der Waals surface area contributed by atoms with Crippen molar-refractivity contribution in [1.82, 2.24) is 24.4 Å². The number of ether oxygens (including phenoxy) is 2. The maximum Gasteiger partial charge on any atom is 0.354 e. The lowest BCUT2D eigenvalue weighted by Gasteiger charge is -2.31. The van der Waals surface area contributed by atoms with E-state index in [0.29, 0.717) is 39.9 Å². The van der Waals surface area contributed by atoms with Crippen LogP contribution in [-0.4, -0.2) is 55.7 Å². The zero-order chi connectivity index (χ0) is 26.8. The topological polar surface area (TPSA) is 103 Å². The van der Waals surface area contributed by atoms with Crippen molar-refractivity contribution < 1.29 is 23.8 Å². The summed E-state index contributed by atoms with van der Waals surface area (Å²) in [5, 5.41) is 9.72. The summed E-state index contributed by atoms with van der Waals surface area (Å²) in [5.74, 6) is 0.395. The molecule has 5 rings (SSSR count). The summed E-state index contributed by atoms with van der Waals surface area (Å²) in [5.41, 5.74) is 2.32. The fourth-order valence-corrected chi connectivity index (χ4v) is 4.85. The summed E-state index contributed by atoms with van der Waals surface area (Å²) >= 11 is 5.82. The van der Waals surface area contributed by atoms with Crippen LogP contribution in [0.5, 0.6) is 11.6 Å². The van der Waals surface area contributed by atoms with Crippen molar-refractivity contribution in [2.45, 2.75) is 31.9 Å². The molecule has 1 fully saturated rings. The molecule has 0 radical (unpaired) electrons. The number of pyridine rings is 2. The highest BCUT2D eigenvalue weighted by Gasteiger charge is 2.24. The Bertz CT molecular complexity index is 1490. The highest BCUT2D eigenvalue weighted by molar-refractivity contribution is 6.30. The largest absolute Gasteiger partial charge is 0.494 e. The van der Waals surface area contributed by atoms with Gasteiger partial charge in [0.25, 0.3) is 0 Å². The lowest BCUT2D eigenvalue weighted by Crippen LogP contribution is -2.33. The van der Waals surface area contributed by atoms with Crippen molar-refractivity contribution in [3.05, 3.63) is 76.1 Å². The molecule has 38 heavy (non-hydrogen) atoms. The number of benzene rings is 1. The highest BCUT2D eigenvalue weighted by atomic mass is 35.5. The molecule has 9 nitrogen and oxygen atoms in total. The molecule has 0 atom stereocenters. The molecule has 198 valence electrons. The van der Waals surface area contributed by atoms with Gasteiger partial charge in [-0.3, -0.25) is 4.90 Å². The number of carboxylic acids is 1. The van der Waals surface area contributed by atoms with Crippen LogP contribution in [0.3, 0.4) is 0 Å². The van der Waals surface area contributed by atoms with Crippen LogP contribution in [-0.2, 0) is 20.2 Å². The molecular formula is C27H27ClFN5O4. The predicted octanol–water partition coefficient (Wildman–Crippen LogP) is 4.82. The maximum absolute atomic E-state index is 14.1. The summed E-state index contributed by atoms with van der Waals surface area (Å²) < 4.78 is 27.0. The van der Waals surface area contributed by atoms with E-state index in [9.17, 15) is 14.3 Å². The zero-order valence-corrected chi connectivity index (χ0v) is 21.8. The van der Waals surface area contributed by atoms with Crippen LogP contribution in [0.1, 0.15) is 46.3 Å². The second-order valence-corrected chi connectivity index (χ2v) is 9.69. The van der Waals surface area contributed by atoms with Crippen LogP contribution in [0.4, 0.5) is 4.39 Å². The molecule has 11 heteroatoms. The first kappa shape index (κ1) is 25.9. The molecule has 1 N–H and O–H groups in total. The number of aryl methyl sites for hydroxylation is 1. The van der Waals surface area contributed by atoms with E-state index in [4.69, 9.17) is 26.1 Å². The van der Waals surface area contributed by atoms with Crippen LogP contribution in [0.25, 0.3) is 11.2 Å². The third-order valence-electron chi connectivity index (χ3n) is 6.83. The fourth-order valence-electron chi connectivity index (χ4n) is 4.69. The minimum Gasteiger partial charge on any atom is -0.494 e. The van der Waals surface area contributed by atoms with E-state index in [1.54, 1.807) is 18.2 Å². The van der Waals surface area contributed by atoms with Gasteiger partial charge in [0.15, 0.2) is 17.1 Å². The van der Waals surface area contributed by atoms with Gasteiger partial charge >= 0.3 is 5.97 Å². The third-order valence-corrected chi connectivity index (χ3v) is 7.07. The number of carboxylic acid groups (broad SMARTS) is 1. The number of aromatic nitrogens is 4. The first-order chi connectivity index (χ1) is 18.3. The SMILES string of the molecule is COc1cc(C(=O)O)nc2c1nc(CN1CCC(c3cccc(OCc4ccc(Cl)cc4F)n3)CC1)n2C. The van der Waals surface area contributed by atoms with Crippen molar-refractivity contribution in [3.8, 4) is 11.6 Å². The summed E-state index contributed by atoms with van der Waals surface area (Å²) in [6.07, 6.45) is 1.83. The molecular weight excluding hydrogens is 513 g/mol. The second kappa shape index (κ2) is 10.9. The number of aromatic carboxylic acids is 1. The number of rotatable bonds is 8. The summed E-state index contributed by atoms with van der Waals surface area (Å²) in [7, 11) is 3.32. The summed E-state index contributed by atoms with van der Waals surface area (Å²) in [6, 6.07) is 11.6. The van der Waals surface area contributed by atoms with Crippen LogP contribution in [0.2, 0.25) is 5.02 Å². The quantitative estimate of drug-likeness (QED) is 0.340. The number of hydrogen-bond acceptors (Lipinski definition) is 7. The van der Waals surface area contributed by atoms with E-state index < -0.39 is 11.8 Å². The smallest absolute Gasteiger partial charge is 0.354 e. The van der Waals surface area contributed by atoms with Crippen LogP contribution >= 0.6 is 11.6 Å². The van der Waals surface area contributed by atoms with Crippen LogP contribution in [0, 0.1) is 5.82 Å². The van der Waals surface area contributed by atoms with E-state index in [1.807, 2.05) is 23.7 Å². The summed E-state index contributed by atoms with van der Waals surface area (Å²) in [4.78, 5) is 27.4. The zero-order valence-electron chi connectivity index (χ0n) is 21.0. The summed E-state index contributed by atoms with van der Waals surface area (Å²) in [6.45, 7) is 2.38. The molecule has 4 heterocycles. The van der Waals surface area contributed by atoms with Crippen LogP contribution in [0.15, 0.2) is 42.5 Å². The number of hydrogen-bond donors (Lipinski definition) is 1. The average Bonchev–Trinajstić information content (AvgIpc) is 3.23. The van der Waals surface area contributed by atoms with Gasteiger partial charge in [-0.05, 0) is 44.1 Å². The monoisotopic (exact) mass is 539 g/mol. The van der Waals surface area contributed by atoms with Gasteiger partial charge in [0, 0.05) is 41.4 Å². The van der Waals surface area contributed by atoms with E-state index >= 15 is 0 Å². The van der Waals surface area contributed by atoms with Gasteiger partial charge in [-0.2, -0.15) is 0 Å². The fraction of sp³-hybridized carbons (Fsp3) is 0.333. The third kappa shape index (κ3) is 5.41. The first-order valence-electron chi connectivity index (χ1n) is 12.2.